The summed E-state index contributed by atoms with van der Waals surface area (Å²) in [5.74, 6) is 0.776. The molecule has 3 aromatic rings. The zero-order valence-corrected chi connectivity index (χ0v) is 17.1. The van der Waals surface area contributed by atoms with Crippen molar-refractivity contribution >= 4 is 29.0 Å². The second kappa shape index (κ2) is 10.3. The smallest absolute Gasteiger partial charge is 0.312 e. The molecule has 0 fully saturated rings. The van der Waals surface area contributed by atoms with Crippen LogP contribution in [0.3, 0.4) is 0 Å². The van der Waals surface area contributed by atoms with Crippen LogP contribution in [0.1, 0.15) is 22.9 Å². The van der Waals surface area contributed by atoms with Crippen LogP contribution in [0, 0.1) is 0 Å². The normalized spacial score (nSPS) is 11.4. The first-order valence-corrected chi connectivity index (χ1v) is 10.0. The minimum atomic E-state index is -0.683. The van der Waals surface area contributed by atoms with Crippen molar-refractivity contribution in [2.75, 3.05) is 12.4 Å². The summed E-state index contributed by atoms with van der Waals surface area (Å²) in [4.78, 5) is 28.7. The Morgan fingerprint density at radius 3 is 2.63 bits per heavy atom. The van der Waals surface area contributed by atoms with Gasteiger partial charge in [-0.15, -0.1) is 11.3 Å². The lowest BCUT2D eigenvalue weighted by Gasteiger charge is -2.17. The van der Waals surface area contributed by atoms with E-state index < -0.39 is 12.1 Å². The number of ether oxygens (including phenoxy) is 2. The highest BCUT2D eigenvalue weighted by Gasteiger charge is 2.19. The molecule has 156 valence electrons. The number of aromatic nitrogens is 1. The number of methoxy groups -OCH3 is 1. The van der Waals surface area contributed by atoms with Gasteiger partial charge in [0.1, 0.15) is 6.61 Å². The summed E-state index contributed by atoms with van der Waals surface area (Å²) in [6.07, 6.45) is 3.43. The molecule has 0 saturated heterocycles. The second-order valence-electron chi connectivity index (χ2n) is 6.34. The number of carbonyl (C=O) groups excluding carboxylic acids is 2. The average molecular weight is 426 g/mol. The number of nitrogens with zero attached hydrogens (tertiary/aromatic N) is 1. The van der Waals surface area contributed by atoms with Crippen LogP contribution in [0.2, 0.25) is 0 Å². The van der Waals surface area contributed by atoms with Crippen LogP contribution in [0.15, 0.2) is 60.2 Å². The fourth-order valence-electron chi connectivity index (χ4n) is 2.79. The van der Waals surface area contributed by atoms with Gasteiger partial charge in [0, 0.05) is 29.0 Å². The van der Waals surface area contributed by atoms with Gasteiger partial charge in [0.05, 0.1) is 19.6 Å². The van der Waals surface area contributed by atoms with E-state index in [9.17, 15) is 9.59 Å². The number of primary amides is 1. The molecule has 2 heterocycles. The Hall–Kier alpha value is -3.59. The van der Waals surface area contributed by atoms with Gasteiger partial charge in [0.25, 0.3) is 0 Å². The Labute approximate surface area is 178 Å². The summed E-state index contributed by atoms with van der Waals surface area (Å²) >= 11 is 1.44. The van der Waals surface area contributed by atoms with Gasteiger partial charge in [-0.25, -0.2) is 4.79 Å². The first-order valence-electron chi connectivity index (χ1n) is 9.14. The molecule has 0 saturated carbocycles. The van der Waals surface area contributed by atoms with E-state index in [1.807, 2.05) is 29.6 Å². The highest BCUT2D eigenvalue weighted by molar-refractivity contribution is 7.10. The van der Waals surface area contributed by atoms with Crippen LogP contribution >= 0.6 is 11.3 Å². The lowest BCUT2D eigenvalue weighted by atomic mass is 10.1. The maximum atomic E-state index is 12.6. The summed E-state index contributed by atoms with van der Waals surface area (Å²) in [6, 6.07) is 11.4. The number of amides is 3. The Morgan fingerprint density at radius 2 is 1.97 bits per heavy atom. The number of nitrogens with one attached hydrogen (secondary N) is 2. The lowest BCUT2D eigenvalue weighted by Crippen LogP contribution is -2.34. The maximum absolute atomic E-state index is 12.6. The van der Waals surface area contributed by atoms with Crippen molar-refractivity contribution in [1.29, 1.82) is 0 Å². The molecule has 0 aliphatic rings. The van der Waals surface area contributed by atoms with Crippen molar-refractivity contribution in [3.63, 3.8) is 0 Å². The van der Waals surface area contributed by atoms with Gasteiger partial charge in [-0.05, 0) is 41.3 Å². The summed E-state index contributed by atoms with van der Waals surface area (Å²) in [6.45, 7) is 0.333. The van der Waals surface area contributed by atoms with Crippen molar-refractivity contribution in [3.05, 3.63) is 70.7 Å². The number of rotatable bonds is 9. The van der Waals surface area contributed by atoms with Gasteiger partial charge < -0.3 is 25.8 Å². The van der Waals surface area contributed by atoms with Gasteiger partial charge in [-0.1, -0.05) is 6.07 Å². The molecular formula is C21H22N4O4S. The lowest BCUT2D eigenvalue weighted by molar-refractivity contribution is -0.116. The van der Waals surface area contributed by atoms with Crippen LogP contribution in [0.25, 0.3) is 0 Å². The van der Waals surface area contributed by atoms with Crippen LogP contribution in [-0.4, -0.2) is 24.0 Å². The standard InChI is InChI=1S/C21H22N4O4S/c1-28-17-5-4-15(11-18(17)29-13-14-6-8-23-9-7-14)24-20(26)12-16(25-21(22)27)19-3-2-10-30-19/h2-11,16H,12-13H2,1H3,(H,24,26)(H3,22,25,27). The predicted octanol–water partition coefficient (Wildman–Crippen LogP) is 3.47. The van der Waals surface area contributed by atoms with Crippen molar-refractivity contribution in [2.45, 2.75) is 19.1 Å². The molecule has 0 bridgehead atoms. The Balaban J connectivity index is 1.67. The first kappa shape index (κ1) is 21.1. The minimum Gasteiger partial charge on any atom is -0.493 e. The van der Waals surface area contributed by atoms with Gasteiger partial charge in [0.15, 0.2) is 11.5 Å². The molecule has 9 heteroatoms. The van der Waals surface area contributed by atoms with E-state index in [0.717, 1.165) is 10.4 Å². The molecule has 0 spiro atoms. The van der Waals surface area contributed by atoms with Crippen molar-refractivity contribution in [3.8, 4) is 11.5 Å². The maximum Gasteiger partial charge on any atom is 0.312 e. The van der Waals surface area contributed by atoms with E-state index in [1.165, 1.54) is 11.3 Å². The number of pyridine rings is 1. The minimum absolute atomic E-state index is 0.0443. The summed E-state index contributed by atoms with van der Waals surface area (Å²) in [5.41, 5.74) is 6.76. The van der Waals surface area contributed by atoms with Gasteiger partial charge in [-0.3, -0.25) is 9.78 Å². The van der Waals surface area contributed by atoms with E-state index in [2.05, 4.69) is 15.6 Å². The molecule has 30 heavy (non-hydrogen) atoms. The molecule has 8 nitrogen and oxygen atoms in total. The van der Waals surface area contributed by atoms with Crippen LogP contribution in [0.5, 0.6) is 11.5 Å². The fourth-order valence-corrected chi connectivity index (χ4v) is 3.57. The van der Waals surface area contributed by atoms with E-state index in [1.54, 1.807) is 37.7 Å². The molecule has 3 rings (SSSR count). The number of benzene rings is 1. The van der Waals surface area contributed by atoms with Gasteiger partial charge in [0.2, 0.25) is 5.91 Å². The van der Waals surface area contributed by atoms with Gasteiger partial charge >= 0.3 is 6.03 Å². The average Bonchev–Trinajstić information content (AvgIpc) is 3.27. The Morgan fingerprint density at radius 1 is 1.17 bits per heavy atom. The second-order valence-corrected chi connectivity index (χ2v) is 7.32. The Bertz CT molecular complexity index is 980. The number of anilines is 1. The molecule has 4 N–H and O–H groups in total. The molecular weight excluding hydrogens is 404 g/mol. The molecule has 3 amide bonds. The third-order valence-corrected chi connectivity index (χ3v) is 5.17. The van der Waals surface area contributed by atoms with Crippen LogP contribution < -0.4 is 25.8 Å². The van der Waals surface area contributed by atoms with Crippen molar-refractivity contribution < 1.29 is 19.1 Å². The van der Waals surface area contributed by atoms with Crippen LogP contribution in [-0.2, 0) is 11.4 Å². The molecule has 1 unspecified atom stereocenters. The van der Waals surface area contributed by atoms with Crippen molar-refractivity contribution in [2.24, 2.45) is 5.73 Å². The topological polar surface area (TPSA) is 116 Å². The molecule has 0 radical (unpaired) electrons. The summed E-state index contributed by atoms with van der Waals surface area (Å²) in [5, 5.41) is 7.31. The van der Waals surface area contributed by atoms with E-state index in [-0.39, 0.29) is 12.3 Å². The number of thiophene rings is 1. The SMILES string of the molecule is COc1ccc(NC(=O)CC(NC(N)=O)c2cccs2)cc1OCc1ccncc1. The number of urea groups is 1. The first-order chi connectivity index (χ1) is 14.5. The highest BCUT2D eigenvalue weighted by atomic mass is 32.1. The third-order valence-electron chi connectivity index (χ3n) is 4.18. The quantitative estimate of drug-likeness (QED) is 0.485. The molecule has 2 aromatic heterocycles. The summed E-state index contributed by atoms with van der Waals surface area (Å²) in [7, 11) is 1.55. The molecule has 0 aliphatic carbocycles. The number of hydrogen-bond acceptors (Lipinski definition) is 6. The van der Waals surface area contributed by atoms with Crippen molar-refractivity contribution in [1.82, 2.24) is 10.3 Å². The van der Waals surface area contributed by atoms with E-state index in [0.29, 0.717) is 23.8 Å². The summed E-state index contributed by atoms with van der Waals surface area (Å²) < 4.78 is 11.2. The zero-order chi connectivity index (χ0) is 21.3. The fraction of sp³-hybridized carbons (Fsp3) is 0.190. The molecule has 1 atom stereocenters. The van der Waals surface area contributed by atoms with Gasteiger partial charge in [-0.2, -0.15) is 0 Å². The molecule has 0 aliphatic heterocycles. The molecule has 1 aromatic carbocycles. The van der Waals surface area contributed by atoms with E-state index >= 15 is 0 Å². The van der Waals surface area contributed by atoms with Crippen LogP contribution in [0.4, 0.5) is 10.5 Å². The number of carbonyl (C=O) groups is 2. The largest absolute Gasteiger partial charge is 0.493 e. The monoisotopic (exact) mass is 426 g/mol. The third kappa shape index (κ3) is 5.95. The Kier molecular flexibility index (Phi) is 7.23. The predicted molar refractivity (Wildman–Crippen MR) is 115 cm³/mol. The van der Waals surface area contributed by atoms with E-state index in [4.69, 9.17) is 15.2 Å². The number of nitrogens with two attached hydrogens (primary N) is 1. The number of hydrogen-bond donors (Lipinski definition) is 3. The highest BCUT2D eigenvalue weighted by Crippen LogP contribution is 2.31. The zero-order valence-electron chi connectivity index (χ0n) is 16.3.